The molecule has 7 heteroatoms. The van der Waals surface area contributed by atoms with Crippen LogP contribution in [0.25, 0.3) is 21.9 Å². The summed E-state index contributed by atoms with van der Waals surface area (Å²) in [4.78, 5) is 36.4. The molecule has 5 rings (SSSR count). The standard InChI is InChI=1S/C28H22N2O5/c31-26(32)15-29-27(33)23-13-17-7-1-2-8-18(17)14-25(23)30-28(34)35-16-24-21-11-5-3-9-19(21)20-10-4-6-12-22(20)24/h1-14,24H,15-16H2,(H,29,33)(H,30,34)(H,31,32). The number of fused-ring (bicyclic) bond motifs is 4. The third-order valence-corrected chi connectivity index (χ3v) is 6.11. The van der Waals surface area contributed by atoms with Crippen molar-refractivity contribution in [1.29, 1.82) is 0 Å². The quantitative estimate of drug-likeness (QED) is 0.370. The minimum absolute atomic E-state index is 0.0944. The Morgan fingerprint density at radius 1 is 0.800 bits per heavy atom. The molecule has 0 saturated carbocycles. The number of ether oxygens (including phenoxy) is 1. The number of hydrogen-bond acceptors (Lipinski definition) is 4. The van der Waals surface area contributed by atoms with E-state index in [1.807, 2.05) is 60.7 Å². The Morgan fingerprint density at radius 3 is 2.00 bits per heavy atom. The van der Waals surface area contributed by atoms with Crippen LogP contribution in [-0.4, -0.2) is 36.2 Å². The lowest BCUT2D eigenvalue weighted by Gasteiger charge is -2.16. The molecule has 7 nitrogen and oxygen atoms in total. The summed E-state index contributed by atoms with van der Waals surface area (Å²) in [6, 6.07) is 26.8. The number of anilines is 1. The van der Waals surface area contributed by atoms with Gasteiger partial charge in [-0.15, -0.1) is 0 Å². The van der Waals surface area contributed by atoms with Gasteiger partial charge < -0.3 is 15.2 Å². The van der Waals surface area contributed by atoms with E-state index in [4.69, 9.17) is 9.84 Å². The lowest BCUT2D eigenvalue weighted by atomic mass is 9.98. The van der Waals surface area contributed by atoms with Gasteiger partial charge in [-0.05, 0) is 45.2 Å². The molecule has 1 aliphatic rings. The topological polar surface area (TPSA) is 105 Å². The van der Waals surface area contributed by atoms with Gasteiger partial charge in [0.15, 0.2) is 0 Å². The second kappa shape index (κ2) is 9.30. The van der Waals surface area contributed by atoms with Gasteiger partial charge in [-0.3, -0.25) is 14.9 Å². The first kappa shape index (κ1) is 22.2. The summed E-state index contributed by atoms with van der Waals surface area (Å²) >= 11 is 0. The van der Waals surface area contributed by atoms with Gasteiger partial charge in [0.25, 0.3) is 5.91 Å². The maximum Gasteiger partial charge on any atom is 0.411 e. The Bertz CT molecular complexity index is 1420. The molecule has 0 saturated heterocycles. The number of carbonyl (C=O) groups is 3. The number of rotatable bonds is 6. The second-order valence-electron chi connectivity index (χ2n) is 8.27. The highest BCUT2D eigenvalue weighted by molar-refractivity contribution is 6.07. The summed E-state index contributed by atoms with van der Waals surface area (Å²) < 4.78 is 5.61. The van der Waals surface area contributed by atoms with Gasteiger partial charge in [-0.2, -0.15) is 0 Å². The van der Waals surface area contributed by atoms with E-state index >= 15 is 0 Å². The fourth-order valence-electron chi connectivity index (χ4n) is 4.53. The van der Waals surface area contributed by atoms with E-state index in [0.717, 1.165) is 33.0 Å². The third-order valence-electron chi connectivity index (χ3n) is 6.11. The van der Waals surface area contributed by atoms with Gasteiger partial charge >= 0.3 is 12.1 Å². The molecule has 2 amide bonds. The lowest BCUT2D eigenvalue weighted by molar-refractivity contribution is -0.135. The van der Waals surface area contributed by atoms with Crippen LogP contribution in [-0.2, 0) is 9.53 Å². The molecule has 4 aromatic rings. The van der Waals surface area contributed by atoms with Gasteiger partial charge in [-0.25, -0.2) is 4.79 Å². The highest BCUT2D eigenvalue weighted by atomic mass is 16.5. The van der Waals surface area contributed by atoms with Crippen molar-refractivity contribution in [1.82, 2.24) is 5.32 Å². The van der Waals surface area contributed by atoms with E-state index in [1.54, 1.807) is 12.1 Å². The highest BCUT2D eigenvalue weighted by Crippen LogP contribution is 2.44. The third kappa shape index (κ3) is 4.44. The predicted octanol–water partition coefficient (Wildman–Crippen LogP) is 5.02. The van der Waals surface area contributed by atoms with Gasteiger partial charge in [0.05, 0.1) is 11.3 Å². The van der Waals surface area contributed by atoms with Crippen LogP contribution in [0.1, 0.15) is 27.4 Å². The summed E-state index contributed by atoms with van der Waals surface area (Å²) in [7, 11) is 0. The number of carbonyl (C=O) groups excluding carboxylic acids is 2. The molecular weight excluding hydrogens is 444 g/mol. The summed E-state index contributed by atoms with van der Waals surface area (Å²) in [5.41, 5.74) is 4.84. The Hall–Kier alpha value is -4.65. The number of hydrogen-bond donors (Lipinski definition) is 3. The SMILES string of the molecule is O=C(O)CNC(=O)c1cc2ccccc2cc1NC(=O)OCC1c2ccccc2-c2ccccc21. The van der Waals surface area contributed by atoms with Crippen molar-refractivity contribution < 1.29 is 24.2 Å². The maximum absolute atomic E-state index is 12.8. The van der Waals surface area contributed by atoms with Crippen molar-refractivity contribution in [3.63, 3.8) is 0 Å². The monoisotopic (exact) mass is 466 g/mol. The minimum atomic E-state index is -1.16. The number of carboxylic acids is 1. The zero-order valence-electron chi connectivity index (χ0n) is 18.7. The van der Waals surface area contributed by atoms with E-state index in [9.17, 15) is 14.4 Å². The van der Waals surface area contributed by atoms with Gasteiger partial charge in [0, 0.05) is 5.92 Å². The van der Waals surface area contributed by atoms with E-state index in [2.05, 4.69) is 22.8 Å². The molecule has 0 aliphatic heterocycles. The number of aliphatic carboxylic acids is 1. The summed E-state index contributed by atoms with van der Waals surface area (Å²) in [6.45, 7) is -0.399. The molecule has 1 aliphatic carbocycles. The van der Waals surface area contributed by atoms with Crippen LogP contribution in [0.3, 0.4) is 0 Å². The van der Waals surface area contributed by atoms with Crippen molar-refractivity contribution in [2.75, 3.05) is 18.5 Å². The molecule has 0 bridgehead atoms. The Labute approximate surface area is 201 Å². The van der Waals surface area contributed by atoms with Gasteiger partial charge in [0.1, 0.15) is 13.2 Å². The molecule has 0 heterocycles. The molecule has 4 aromatic carbocycles. The first-order valence-corrected chi connectivity index (χ1v) is 11.2. The van der Waals surface area contributed by atoms with Crippen LogP contribution in [0.2, 0.25) is 0 Å². The summed E-state index contributed by atoms with van der Waals surface area (Å²) in [5.74, 6) is -1.86. The molecule has 174 valence electrons. The average molecular weight is 466 g/mol. The van der Waals surface area contributed by atoms with Crippen LogP contribution in [0.15, 0.2) is 84.9 Å². The van der Waals surface area contributed by atoms with Crippen LogP contribution < -0.4 is 10.6 Å². The molecule has 0 radical (unpaired) electrons. The molecule has 3 N–H and O–H groups in total. The van der Waals surface area contributed by atoms with Crippen LogP contribution in [0.5, 0.6) is 0 Å². The van der Waals surface area contributed by atoms with Crippen molar-refractivity contribution >= 4 is 34.4 Å². The molecule has 0 atom stereocenters. The van der Waals surface area contributed by atoms with Gasteiger partial charge in [-0.1, -0.05) is 72.8 Å². The molecule has 35 heavy (non-hydrogen) atoms. The van der Waals surface area contributed by atoms with E-state index in [0.29, 0.717) is 0 Å². The van der Waals surface area contributed by atoms with Crippen LogP contribution >= 0.6 is 0 Å². The largest absolute Gasteiger partial charge is 0.480 e. The minimum Gasteiger partial charge on any atom is -0.480 e. The van der Waals surface area contributed by atoms with Crippen molar-refractivity contribution in [3.8, 4) is 11.1 Å². The summed E-state index contributed by atoms with van der Waals surface area (Å²) in [6.07, 6.45) is -0.700. The average Bonchev–Trinajstić information content (AvgIpc) is 3.19. The summed E-state index contributed by atoms with van der Waals surface area (Å²) in [5, 5.41) is 15.5. The number of carboxylic acid groups (broad SMARTS) is 1. The number of amides is 2. The van der Waals surface area contributed by atoms with E-state index in [-0.39, 0.29) is 23.8 Å². The smallest absolute Gasteiger partial charge is 0.411 e. The molecule has 0 aromatic heterocycles. The predicted molar refractivity (Wildman–Crippen MR) is 133 cm³/mol. The van der Waals surface area contributed by atoms with Crippen molar-refractivity contribution in [3.05, 3.63) is 102 Å². The molecule has 0 fully saturated rings. The van der Waals surface area contributed by atoms with Crippen LogP contribution in [0, 0.1) is 0 Å². The zero-order valence-corrected chi connectivity index (χ0v) is 18.7. The number of nitrogens with one attached hydrogen (secondary N) is 2. The Kier molecular flexibility index (Phi) is 5.89. The lowest BCUT2D eigenvalue weighted by Crippen LogP contribution is -2.30. The first-order chi connectivity index (χ1) is 17.0. The van der Waals surface area contributed by atoms with E-state index < -0.39 is 24.5 Å². The molecule has 0 unspecified atom stereocenters. The van der Waals surface area contributed by atoms with Crippen molar-refractivity contribution in [2.24, 2.45) is 0 Å². The Morgan fingerprint density at radius 2 is 1.37 bits per heavy atom. The fourth-order valence-corrected chi connectivity index (χ4v) is 4.53. The van der Waals surface area contributed by atoms with Gasteiger partial charge in [0.2, 0.25) is 0 Å². The number of benzene rings is 4. The first-order valence-electron chi connectivity index (χ1n) is 11.2. The van der Waals surface area contributed by atoms with Crippen LogP contribution in [0.4, 0.5) is 10.5 Å². The second-order valence-corrected chi connectivity index (χ2v) is 8.27. The van der Waals surface area contributed by atoms with Crippen molar-refractivity contribution in [2.45, 2.75) is 5.92 Å². The normalized spacial score (nSPS) is 12.0. The van der Waals surface area contributed by atoms with E-state index in [1.165, 1.54) is 0 Å². The fraction of sp³-hybridized carbons (Fsp3) is 0.107. The highest BCUT2D eigenvalue weighted by Gasteiger charge is 2.29. The Balaban J connectivity index is 1.37. The molecular formula is C28H22N2O5. The maximum atomic E-state index is 12.8. The molecule has 0 spiro atoms. The zero-order chi connectivity index (χ0) is 24.4.